The van der Waals surface area contributed by atoms with Crippen LogP contribution in [0.3, 0.4) is 0 Å². The Bertz CT molecular complexity index is 952. The van der Waals surface area contributed by atoms with E-state index in [1.807, 2.05) is 17.6 Å². The molecule has 1 aliphatic heterocycles. The fourth-order valence-electron chi connectivity index (χ4n) is 3.75. The molecule has 1 unspecified atom stereocenters. The Hall–Kier alpha value is -2.94. The molecule has 1 N–H and O–H groups in total. The lowest BCUT2D eigenvalue weighted by atomic mass is 10.1. The number of nitrogens with zero attached hydrogens (tertiary/aromatic N) is 5. The molecule has 2 heterocycles. The van der Waals surface area contributed by atoms with E-state index in [0.717, 1.165) is 11.3 Å². The van der Waals surface area contributed by atoms with Crippen LogP contribution < -0.4 is 0 Å². The lowest BCUT2D eigenvalue weighted by Gasteiger charge is -2.41. The first-order chi connectivity index (χ1) is 13.7. The zero-order chi connectivity index (χ0) is 21.3. The van der Waals surface area contributed by atoms with Gasteiger partial charge < -0.3 is 24.4 Å². The first-order valence-corrected chi connectivity index (χ1v) is 9.60. The Kier molecular flexibility index (Phi) is 5.88. The molecule has 1 aromatic carbocycles. The number of hydrogen-bond donors (Lipinski definition) is 1. The molecule has 29 heavy (non-hydrogen) atoms. The molecule has 2 aromatic rings. The van der Waals surface area contributed by atoms with Crippen LogP contribution >= 0.6 is 0 Å². The van der Waals surface area contributed by atoms with Crippen LogP contribution in [0.2, 0.25) is 0 Å². The fraction of sp³-hybridized carbons (Fsp3) is 0.500. The van der Waals surface area contributed by atoms with E-state index in [1.54, 1.807) is 36.0 Å². The third-order valence-electron chi connectivity index (χ3n) is 5.32. The Morgan fingerprint density at radius 1 is 1.24 bits per heavy atom. The summed E-state index contributed by atoms with van der Waals surface area (Å²) in [5, 5.41) is 9.25. The van der Waals surface area contributed by atoms with Crippen molar-refractivity contribution >= 4 is 28.8 Å². The number of benzene rings is 1. The zero-order valence-corrected chi connectivity index (χ0v) is 17.3. The Balaban J connectivity index is 1.92. The van der Waals surface area contributed by atoms with Gasteiger partial charge >= 0.3 is 0 Å². The molecule has 1 saturated heterocycles. The number of aromatic nitrogens is 2. The van der Waals surface area contributed by atoms with Crippen molar-refractivity contribution in [2.75, 3.05) is 40.3 Å². The normalized spacial score (nSPS) is 16.9. The number of carbonyl (C=O) groups excluding carboxylic acids is 3. The number of fused-ring (bicyclic) bond motifs is 1. The number of piperazine rings is 1. The van der Waals surface area contributed by atoms with E-state index in [4.69, 9.17) is 0 Å². The van der Waals surface area contributed by atoms with Crippen LogP contribution in [0.1, 0.15) is 23.1 Å². The van der Waals surface area contributed by atoms with Crippen molar-refractivity contribution in [3.63, 3.8) is 0 Å². The maximum Gasteiger partial charge on any atom is 0.254 e. The van der Waals surface area contributed by atoms with Gasteiger partial charge in [-0.25, -0.2) is 4.98 Å². The molecule has 0 saturated carbocycles. The molecular formula is C20H27N5O4. The van der Waals surface area contributed by atoms with E-state index in [-0.39, 0.29) is 30.9 Å². The summed E-state index contributed by atoms with van der Waals surface area (Å²) in [5.41, 5.74) is 1.95. The second-order valence-corrected chi connectivity index (χ2v) is 7.45. The van der Waals surface area contributed by atoms with E-state index in [0.29, 0.717) is 30.7 Å². The maximum absolute atomic E-state index is 13.3. The molecule has 0 aliphatic carbocycles. The van der Waals surface area contributed by atoms with Gasteiger partial charge in [-0.15, -0.1) is 0 Å². The van der Waals surface area contributed by atoms with Gasteiger partial charge in [0.05, 0.1) is 24.2 Å². The Morgan fingerprint density at radius 3 is 2.59 bits per heavy atom. The predicted molar refractivity (Wildman–Crippen MR) is 107 cm³/mol. The van der Waals surface area contributed by atoms with Crippen LogP contribution in [0.15, 0.2) is 18.2 Å². The molecule has 0 bridgehead atoms. The second-order valence-electron chi connectivity index (χ2n) is 7.45. The number of aliphatic hydroxyl groups is 1. The maximum atomic E-state index is 13.3. The van der Waals surface area contributed by atoms with Crippen molar-refractivity contribution in [1.29, 1.82) is 0 Å². The number of amides is 3. The standard InChI is InChI=1S/C20H27N5O4/c1-13-21-16-11-15(5-6-17(16)24(13)9-10-26)19(28)25-8-7-23(14(2)27)12-18(25)20(29)22(3)4/h5-6,11,18,26H,7-10,12H2,1-4H3. The smallest absolute Gasteiger partial charge is 0.254 e. The highest BCUT2D eigenvalue weighted by atomic mass is 16.3. The van der Waals surface area contributed by atoms with Crippen LogP contribution in [0, 0.1) is 6.92 Å². The minimum atomic E-state index is -0.723. The lowest BCUT2D eigenvalue weighted by molar-refractivity contribution is -0.139. The van der Waals surface area contributed by atoms with E-state index in [1.165, 1.54) is 11.8 Å². The van der Waals surface area contributed by atoms with Crippen LogP contribution in [0.5, 0.6) is 0 Å². The monoisotopic (exact) mass is 401 g/mol. The topological polar surface area (TPSA) is 99.0 Å². The van der Waals surface area contributed by atoms with Gasteiger partial charge in [-0.2, -0.15) is 0 Å². The lowest BCUT2D eigenvalue weighted by Crippen LogP contribution is -2.61. The summed E-state index contributed by atoms with van der Waals surface area (Å²) in [6.07, 6.45) is 0. The number of hydrogen-bond acceptors (Lipinski definition) is 5. The van der Waals surface area contributed by atoms with Crippen molar-refractivity contribution < 1.29 is 19.5 Å². The largest absolute Gasteiger partial charge is 0.395 e. The third-order valence-corrected chi connectivity index (χ3v) is 5.32. The quantitative estimate of drug-likeness (QED) is 0.783. The van der Waals surface area contributed by atoms with Crippen LogP contribution in [0.25, 0.3) is 11.0 Å². The summed E-state index contributed by atoms with van der Waals surface area (Å²) in [4.78, 5) is 46.8. The predicted octanol–water partition coefficient (Wildman–Crippen LogP) is 0.0981. The number of imidazole rings is 1. The number of rotatable bonds is 4. The fourth-order valence-corrected chi connectivity index (χ4v) is 3.75. The van der Waals surface area contributed by atoms with Gasteiger partial charge in [0.1, 0.15) is 11.9 Å². The SMILES string of the molecule is CC(=O)N1CCN(C(=O)c2ccc3c(c2)nc(C)n3CCO)C(C(=O)N(C)C)C1. The van der Waals surface area contributed by atoms with Gasteiger partial charge in [-0.05, 0) is 25.1 Å². The molecule has 0 radical (unpaired) electrons. The molecular weight excluding hydrogens is 374 g/mol. The minimum Gasteiger partial charge on any atom is -0.395 e. The molecule has 1 aliphatic rings. The summed E-state index contributed by atoms with van der Waals surface area (Å²) < 4.78 is 1.90. The number of aryl methyl sites for hydroxylation is 1. The number of carbonyl (C=O) groups is 3. The average Bonchev–Trinajstić information content (AvgIpc) is 3.01. The second kappa shape index (κ2) is 8.20. The molecule has 0 spiro atoms. The molecule has 1 aromatic heterocycles. The van der Waals surface area contributed by atoms with Crippen molar-refractivity contribution in [3.05, 3.63) is 29.6 Å². The summed E-state index contributed by atoms with van der Waals surface area (Å²) in [6, 6.07) is 4.52. The summed E-state index contributed by atoms with van der Waals surface area (Å²) in [5.74, 6) is 0.174. The molecule has 9 heteroatoms. The van der Waals surface area contributed by atoms with Crippen LogP contribution in [0.4, 0.5) is 0 Å². The zero-order valence-electron chi connectivity index (χ0n) is 17.3. The van der Waals surface area contributed by atoms with Crippen molar-refractivity contribution in [2.24, 2.45) is 0 Å². The molecule has 3 rings (SSSR count). The Labute approximate surface area is 169 Å². The average molecular weight is 401 g/mol. The minimum absolute atomic E-state index is 0.00172. The Morgan fingerprint density at radius 2 is 1.97 bits per heavy atom. The summed E-state index contributed by atoms with van der Waals surface area (Å²) in [7, 11) is 3.28. The molecule has 9 nitrogen and oxygen atoms in total. The summed E-state index contributed by atoms with van der Waals surface area (Å²) in [6.45, 7) is 4.62. The number of aliphatic hydroxyl groups excluding tert-OH is 1. The molecule has 1 atom stereocenters. The number of likely N-dealkylation sites (N-methyl/N-ethyl adjacent to an activating group) is 1. The molecule has 3 amide bonds. The third kappa shape index (κ3) is 3.95. The van der Waals surface area contributed by atoms with Gasteiger partial charge in [0.15, 0.2) is 0 Å². The van der Waals surface area contributed by atoms with Gasteiger partial charge in [0.25, 0.3) is 5.91 Å². The van der Waals surface area contributed by atoms with Gasteiger partial charge in [0, 0.05) is 46.2 Å². The van der Waals surface area contributed by atoms with Gasteiger partial charge in [-0.1, -0.05) is 0 Å². The van der Waals surface area contributed by atoms with Crippen molar-refractivity contribution in [2.45, 2.75) is 26.4 Å². The molecule has 156 valence electrons. The van der Waals surface area contributed by atoms with Crippen LogP contribution in [-0.2, 0) is 16.1 Å². The van der Waals surface area contributed by atoms with Crippen molar-refractivity contribution in [1.82, 2.24) is 24.3 Å². The highest BCUT2D eigenvalue weighted by molar-refractivity contribution is 6.00. The van der Waals surface area contributed by atoms with E-state index >= 15 is 0 Å². The molecule has 1 fully saturated rings. The van der Waals surface area contributed by atoms with Gasteiger partial charge in [-0.3, -0.25) is 14.4 Å². The highest BCUT2D eigenvalue weighted by Crippen LogP contribution is 2.21. The first kappa shape index (κ1) is 20.8. The van der Waals surface area contributed by atoms with E-state index < -0.39 is 6.04 Å². The highest BCUT2D eigenvalue weighted by Gasteiger charge is 2.37. The summed E-state index contributed by atoms with van der Waals surface area (Å²) >= 11 is 0. The van der Waals surface area contributed by atoms with Crippen LogP contribution in [-0.4, -0.2) is 93.5 Å². The van der Waals surface area contributed by atoms with Crippen molar-refractivity contribution in [3.8, 4) is 0 Å². The van der Waals surface area contributed by atoms with E-state index in [9.17, 15) is 19.5 Å². The van der Waals surface area contributed by atoms with E-state index in [2.05, 4.69) is 4.98 Å². The van der Waals surface area contributed by atoms with Gasteiger partial charge in [0.2, 0.25) is 11.8 Å². The first-order valence-electron chi connectivity index (χ1n) is 9.60.